The zero-order valence-corrected chi connectivity index (χ0v) is 9.96. The van der Waals surface area contributed by atoms with Crippen molar-refractivity contribution in [1.82, 2.24) is 15.0 Å². The Morgan fingerprint density at radius 2 is 1.78 bits per heavy atom. The number of nitrogens with zero attached hydrogens (tertiary/aromatic N) is 3. The van der Waals surface area contributed by atoms with Crippen molar-refractivity contribution < 1.29 is 0 Å². The first-order valence-corrected chi connectivity index (χ1v) is 5.72. The summed E-state index contributed by atoms with van der Waals surface area (Å²) in [6.07, 6.45) is 3.25. The Balaban J connectivity index is 2.02. The molecule has 4 nitrogen and oxygen atoms in total. The molecule has 2 aromatic heterocycles. The molecule has 4 heteroatoms. The summed E-state index contributed by atoms with van der Waals surface area (Å²) in [5, 5.41) is 4.20. The monoisotopic (exact) mass is 236 g/mol. The van der Waals surface area contributed by atoms with Crippen molar-refractivity contribution in [1.29, 1.82) is 0 Å². The maximum absolute atomic E-state index is 4.26. The number of hydrogen-bond donors (Lipinski definition) is 1. The Bertz CT molecular complexity index is 671. The van der Waals surface area contributed by atoms with Crippen LogP contribution in [0, 0.1) is 6.92 Å². The summed E-state index contributed by atoms with van der Waals surface area (Å²) >= 11 is 0. The molecule has 0 aliphatic rings. The highest BCUT2D eigenvalue weighted by Crippen LogP contribution is 2.21. The molecule has 0 radical (unpaired) electrons. The molecular formula is C14H12N4. The van der Waals surface area contributed by atoms with Crippen LogP contribution in [0.4, 0.5) is 11.5 Å². The minimum absolute atomic E-state index is 0.696. The first-order valence-electron chi connectivity index (χ1n) is 5.72. The molecule has 0 spiro atoms. The lowest BCUT2D eigenvalue weighted by Crippen LogP contribution is -1.96. The SMILES string of the molecule is Cc1ccc(Nc2ncnc3ncccc23)cc1. The third kappa shape index (κ3) is 2.00. The Kier molecular flexibility index (Phi) is 2.61. The van der Waals surface area contributed by atoms with E-state index in [-0.39, 0.29) is 0 Å². The van der Waals surface area contributed by atoms with E-state index in [9.17, 15) is 0 Å². The molecule has 0 bridgehead atoms. The highest BCUT2D eigenvalue weighted by molar-refractivity contribution is 5.87. The molecule has 3 rings (SSSR count). The van der Waals surface area contributed by atoms with Crippen LogP contribution in [0.1, 0.15) is 5.56 Å². The molecule has 0 fully saturated rings. The van der Waals surface area contributed by atoms with Crippen molar-refractivity contribution in [3.8, 4) is 0 Å². The Morgan fingerprint density at radius 1 is 0.944 bits per heavy atom. The summed E-state index contributed by atoms with van der Waals surface area (Å²) in [6, 6.07) is 12.0. The van der Waals surface area contributed by atoms with Gasteiger partial charge < -0.3 is 5.32 Å². The number of anilines is 2. The maximum Gasteiger partial charge on any atom is 0.164 e. The number of aromatic nitrogens is 3. The lowest BCUT2D eigenvalue weighted by atomic mass is 10.2. The Labute approximate surface area is 105 Å². The quantitative estimate of drug-likeness (QED) is 0.742. The summed E-state index contributed by atoms with van der Waals surface area (Å²) in [7, 11) is 0. The van der Waals surface area contributed by atoms with Gasteiger partial charge in [0, 0.05) is 11.9 Å². The average molecular weight is 236 g/mol. The highest BCUT2D eigenvalue weighted by atomic mass is 15.0. The van der Waals surface area contributed by atoms with Crippen LogP contribution in [0.15, 0.2) is 48.9 Å². The van der Waals surface area contributed by atoms with Gasteiger partial charge in [0.25, 0.3) is 0 Å². The fourth-order valence-electron chi connectivity index (χ4n) is 1.77. The van der Waals surface area contributed by atoms with E-state index >= 15 is 0 Å². The van der Waals surface area contributed by atoms with Crippen LogP contribution in [0.25, 0.3) is 11.0 Å². The van der Waals surface area contributed by atoms with Crippen molar-refractivity contribution in [2.75, 3.05) is 5.32 Å². The van der Waals surface area contributed by atoms with E-state index in [0.717, 1.165) is 16.9 Å². The summed E-state index contributed by atoms with van der Waals surface area (Å²) in [5.74, 6) is 0.775. The number of nitrogens with one attached hydrogen (secondary N) is 1. The predicted molar refractivity (Wildman–Crippen MR) is 71.8 cm³/mol. The lowest BCUT2D eigenvalue weighted by Gasteiger charge is -2.07. The molecule has 2 heterocycles. The fourth-order valence-corrected chi connectivity index (χ4v) is 1.77. The van der Waals surface area contributed by atoms with Crippen LogP contribution in [0.3, 0.4) is 0 Å². The molecule has 3 aromatic rings. The van der Waals surface area contributed by atoms with Crippen LogP contribution in [0.5, 0.6) is 0 Å². The van der Waals surface area contributed by atoms with Gasteiger partial charge in [-0.05, 0) is 31.2 Å². The molecule has 0 aliphatic heterocycles. The molecule has 88 valence electrons. The second-order valence-corrected chi connectivity index (χ2v) is 4.09. The maximum atomic E-state index is 4.26. The van der Waals surface area contributed by atoms with E-state index < -0.39 is 0 Å². The molecule has 0 aliphatic carbocycles. The van der Waals surface area contributed by atoms with Gasteiger partial charge in [-0.3, -0.25) is 0 Å². The number of benzene rings is 1. The van der Waals surface area contributed by atoms with Gasteiger partial charge in [-0.15, -0.1) is 0 Å². The van der Waals surface area contributed by atoms with Crippen molar-refractivity contribution in [2.24, 2.45) is 0 Å². The Hall–Kier alpha value is -2.49. The van der Waals surface area contributed by atoms with E-state index in [4.69, 9.17) is 0 Å². The zero-order valence-electron chi connectivity index (χ0n) is 9.96. The van der Waals surface area contributed by atoms with Crippen LogP contribution in [0.2, 0.25) is 0 Å². The molecule has 1 aromatic carbocycles. The van der Waals surface area contributed by atoms with Gasteiger partial charge >= 0.3 is 0 Å². The molecule has 0 unspecified atom stereocenters. The van der Waals surface area contributed by atoms with Gasteiger partial charge in [-0.1, -0.05) is 17.7 Å². The second-order valence-electron chi connectivity index (χ2n) is 4.09. The number of rotatable bonds is 2. The van der Waals surface area contributed by atoms with Crippen molar-refractivity contribution in [2.45, 2.75) is 6.92 Å². The largest absolute Gasteiger partial charge is 0.340 e. The van der Waals surface area contributed by atoms with E-state index in [2.05, 4.69) is 39.3 Å². The van der Waals surface area contributed by atoms with Crippen LogP contribution in [-0.4, -0.2) is 15.0 Å². The van der Waals surface area contributed by atoms with E-state index in [0.29, 0.717) is 5.65 Å². The Morgan fingerprint density at radius 3 is 2.61 bits per heavy atom. The number of pyridine rings is 1. The van der Waals surface area contributed by atoms with Crippen LogP contribution < -0.4 is 5.32 Å². The third-order valence-electron chi connectivity index (χ3n) is 2.72. The first kappa shape index (κ1) is 10.7. The van der Waals surface area contributed by atoms with Gasteiger partial charge in [0.1, 0.15) is 12.1 Å². The van der Waals surface area contributed by atoms with Gasteiger partial charge in [-0.2, -0.15) is 0 Å². The van der Waals surface area contributed by atoms with Crippen LogP contribution in [-0.2, 0) is 0 Å². The molecule has 0 amide bonds. The van der Waals surface area contributed by atoms with E-state index in [1.807, 2.05) is 24.3 Å². The molecular weight excluding hydrogens is 224 g/mol. The lowest BCUT2D eigenvalue weighted by molar-refractivity contribution is 1.18. The first-order chi connectivity index (χ1) is 8.83. The average Bonchev–Trinajstić information content (AvgIpc) is 2.42. The minimum atomic E-state index is 0.696. The minimum Gasteiger partial charge on any atom is -0.340 e. The number of aryl methyl sites for hydroxylation is 1. The van der Waals surface area contributed by atoms with Crippen LogP contribution >= 0.6 is 0 Å². The summed E-state index contributed by atoms with van der Waals surface area (Å²) in [4.78, 5) is 12.6. The molecule has 0 saturated heterocycles. The van der Waals surface area contributed by atoms with Crippen molar-refractivity contribution in [3.63, 3.8) is 0 Å². The normalized spacial score (nSPS) is 10.5. The fraction of sp³-hybridized carbons (Fsp3) is 0.0714. The molecule has 0 atom stereocenters. The number of fused-ring (bicyclic) bond motifs is 1. The summed E-state index contributed by atoms with van der Waals surface area (Å²) in [5.41, 5.74) is 2.93. The predicted octanol–water partition coefficient (Wildman–Crippen LogP) is 3.08. The van der Waals surface area contributed by atoms with E-state index in [1.165, 1.54) is 11.9 Å². The number of hydrogen-bond acceptors (Lipinski definition) is 4. The highest BCUT2D eigenvalue weighted by Gasteiger charge is 2.03. The van der Waals surface area contributed by atoms with Crippen molar-refractivity contribution >= 4 is 22.5 Å². The topological polar surface area (TPSA) is 50.7 Å². The molecule has 0 saturated carbocycles. The van der Waals surface area contributed by atoms with Gasteiger partial charge in [0.2, 0.25) is 0 Å². The van der Waals surface area contributed by atoms with Gasteiger partial charge in [0.15, 0.2) is 5.65 Å². The van der Waals surface area contributed by atoms with Gasteiger partial charge in [-0.25, -0.2) is 15.0 Å². The second kappa shape index (κ2) is 4.41. The van der Waals surface area contributed by atoms with E-state index in [1.54, 1.807) is 6.20 Å². The molecule has 18 heavy (non-hydrogen) atoms. The molecule has 1 N–H and O–H groups in total. The smallest absolute Gasteiger partial charge is 0.164 e. The zero-order chi connectivity index (χ0) is 12.4. The standard InChI is InChI=1S/C14H12N4/c1-10-4-6-11(7-5-10)18-14-12-3-2-8-15-13(12)16-9-17-14/h2-9H,1H3,(H,15,16,17,18). The third-order valence-corrected chi connectivity index (χ3v) is 2.72. The van der Waals surface area contributed by atoms with Gasteiger partial charge in [0.05, 0.1) is 5.39 Å². The summed E-state index contributed by atoms with van der Waals surface area (Å²) in [6.45, 7) is 2.06. The van der Waals surface area contributed by atoms with Crippen molar-refractivity contribution in [3.05, 3.63) is 54.5 Å². The summed E-state index contributed by atoms with van der Waals surface area (Å²) < 4.78 is 0.